The first-order chi connectivity index (χ1) is 15.9. The van der Waals surface area contributed by atoms with Crippen LogP contribution < -0.4 is 18.9 Å². The van der Waals surface area contributed by atoms with Crippen LogP contribution in [0.4, 0.5) is 0 Å². The van der Waals surface area contributed by atoms with E-state index >= 15 is 0 Å². The maximum Gasteiger partial charge on any atom is 0.204 e. The lowest BCUT2D eigenvalue weighted by molar-refractivity contribution is -0.923. The fourth-order valence-corrected chi connectivity index (χ4v) is 5.60. The van der Waals surface area contributed by atoms with E-state index in [1.54, 1.807) is 14.2 Å². The van der Waals surface area contributed by atoms with E-state index in [1.165, 1.54) is 11.1 Å². The van der Waals surface area contributed by atoms with Crippen LogP contribution in [0.3, 0.4) is 0 Å². The molecule has 0 aromatic heterocycles. The molecule has 0 radical (unpaired) electrons. The SMILES string of the molecule is COc1ccc2c(c1OCc1ccccc1)Oc1c(OC)cc(Br)c3c1C(C2)[N+](C)(C)CC3. The molecule has 3 aromatic rings. The number of quaternary nitrogens is 1. The monoisotopic (exact) mass is 510 g/mol. The van der Waals surface area contributed by atoms with Crippen LogP contribution in [0.25, 0.3) is 0 Å². The highest BCUT2D eigenvalue weighted by atomic mass is 79.9. The van der Waals surface area contributed by atoms with Crippen molar-refractivity contribution in [2.45, 2.75) is 25.5 Å². The second-order valence-corrected chi connectivity index (χ2v) is 10.1. The third kappa shape index (κ3) is 3.85. The summed E-state index contributed by atoms with van der Waals surface area (Å²) in [5, 5.41) is 0. The first-order valence-electron chi connectivity index (χ1n) is 11.2. The van der Waals surface area contributed by atoms with Gasteiger partial charge in [0.15, 0.2) is 23.0 Å². The van der Waals surface area contributed by atoms with Crippen molar-refractivity contribution in [1.82, 2.24) is 0 Å². The number of hydrogen-bond acceptors (Lipinski definition) is 4. The lowest BCUT2D eigenvalue weighted by Crippen LogP contribution is -2.48. The molecule has 2 aliphatic heterocycles. The summed E-state index contributed by atoms with van der Waals surface area (Å²) in [5.41, 5.74) is 4.72. The third-order valence-electron chi connectivity index (χ3n) is 6.90. The number of fused-ring (bicyclic) bond motifs is 1. The molecule has 5 rings (SSSR count). The van der Waals surface area contributed by atoms with E-state index in [0.717, 1.165) is 51.0 Å². The summed E-state index contributed by atoms with van der Waals surface area (Å²) in [7, 11) is 7.95. The van der Waals surface area contributed by atoms with E-state index in [4.69, 9.17) is 18.9 Å². The summed E-state index contributed by atoms with van der Waals surface area (Å²) in [6.07, 6.45) is 1.82. The van der Waals surface area contributed by atoms with Crippen molar-refractivity contribution < 1.29 is 23.4 Å². The highest BCUT2D eigenvalue weighted by Gasteiger charge is 2.43. The van der Waals surface area contributed by atoms with Gasteiger partial charge in [0.1, 0.15) is 12.6 Å². The van der Waals surface area contributed by atoms with Gasteiger partial charge in [0.2, 0.25) is 5.75 Å². The summed E-state index contributed by atoms with van der Waals surface area (Å²) in [6, 6.07) is 16.5. The fraction of sp³-hybridized carbons (Fsp3) is 0.333. The molecule has 1 atom stereocenters. The first kappa shape index (κ1) is 22.1. The Hall–Kier alpha value is -2.70. The van der Waals surface area contributed by atoms with Gasteiger partial charge in [0, 0.05) is 22.9 Å². The van der Waals surface area contributed by atoms with Gasteiger partial charge in [-0.3, -0.25) is 0 Å². The molecule has 172 valence electrons. The Morgan fingerprint density at radius 3 is 2.48 bits per heavy atom. The predicted molar refractivity (Wildman–Crippen MR) is 132 cm³/mol. The molecule has 0 aliphatic carbocycles. The Morgan fingerprint density at radius 1 is 1.00 bits per heavy atom. The molecule has 2 aliphatic rings. The van der Waals surface area contributed by atoms with Gasteiger partial charge < -0.3 is 23.4 Å². The van der Waals surface area contributed by atoms with Gasteiger partial charge in [0.05, 0.1) is 40.4 Å². The zero-order chi connectivity index (χ0) is 23.2. The van der Waals surface area contributed by atoms with E-state index < -0.39 is 0 Å². The van der Waals surface area contributed by atoms with Crippen molar-refractivity contribution in [1.29, 1.82) is 0 Å². The summed E-state index contributed by atoms with van der Waals surface area (Å²) < 4.78 is 26.5. The van der Waals surface area contributed by atoms with E-state index in [-0.39, 0.29) is 6.04 Å². The Labute approximate surface area is 203 Å². The van der Waals surface area contributed by atoms with Crippen LogP contribution in [-0.4, -0.2) is 39.3 Å². The van der Waals surface area contributed by atoms with Crippen molar-refractivity contribution >= 4 is 15.9 Å². The number of rotatable bonds is 5. The van der Waals surface area contributed by atoms with Gasteiger partial charge in [-0.05, 0) is 23.3 Å². The van der Waals surface area contributed by atoms with Gasteiger partial charge in [-0.15, -0.1) is 0 Å². The molecule has 0 spiro atoms. The average Bonchev–Trinajstić information content (AvgIpc) is 3.00. The van der Waals surface area contributed by atoms with E-state index in [2.05, 4.69) is 48.2 Å². The second-order valence-electron chi connectivity index (χ2n) is 9.22. The zero-order valence-corrected chi connectivity index (χ0v) is 21.1. The number of likely N-dealkylation sites (N-methyl/N-ethyl adjacent to an activating group) is 1. The van der Waals surface area contributed by atoms with Gasteiger partial charge in [0.25, 0.3) is 0 Å². The molecule has 2 heterocycles. The molecule has 6 heteroatoms. The van der Waals surface area contributed by atoms with E-state index in [9.17, 15) is 0 Å². The molecule has 1 unspecified atom stereocenters. The molecule has 0 saturated heterocycles. The maximum absolute atomic E-state index is 6.72. The predicted octanol–water partition coefficient (Wildman–Crippen LogP) is 6.07. The highest BCUT2D eigenvalue weighted by Crippen LogP contribution is 2.55. The number of methoxy groups -OCH3 is 2. The molecular weight excluding hydrogens is 482 g/mol. The molecule has 0 bridgehead atoms. The minimum absolute atomic E-state index is 0.242. The van der Waals surface area contributed by atoms with Crippen molar-refractivity contribution in [3.8, 4) is 28.7 Å². The topological polar surface area (TPSA) is 36.9 Å². The van der Waals surface area contributed by atoms with Gasteiger partial charge in [-0.2, -0.15) is 0 Å². The standard InChI is InChI=1S/C27H29BrNO4/c1-29(2)13-12-19-20(28)15-23(31-4)26-24(19)21(29)14-18-10-11-22(30-3)27(25(18)33-26)32-16-17-8-6-5-7-9-17/h5-11,15,21H,12-14,16H2,1-4H3/q+1. The van der Waals surface area contributed by atoms with E-state index in [0.29, 0.717) is 23.9 Å². The lowest BCUT2D eigenvalue weighted by Gasteiger charge is -2.43. The molecule has 0 fully saturated rings. The van der Waals surface area contributed by atoms with Crippen LogP contribution in [0.1, 0.15) is 28.3 Å². The summed E-state index contributed by atoms with van der Waals surface area (Å²) in [4.78, 5) is 0. The molecule has 5 nitrogen and oxygen atoms in total. The largest absolute Gasteiger partial charge is 0.493 e. The average molecular weight is 511 g/mol. The van der Waals surface area contributed by atoms with Crippen molar-refractivity contribution in [2.75, 3.05) is 34.9 Å². The van der Waals surface area contributed by atoms with Crippen LogP contribution in [-0.2, 0) is 19.4 Å². The van der Waals surface area contributed by atoms with E-state index in [1.807, 2.05) is 30.3 Å². The molecule has 0 N–H and O–H groups in total. The summed E-state index contributed by atoms with van der Waals surface area (Å²) >= 11 is 3.79. The molecule has 0 saturated carbocycles. The van der Waals surface area contributed by atoms with Gasteiger partial charge in [-0.1, -0.05) is 52.3 Å². The minimum Gasteiger partial charge on any atom is -0.493 e. The van der Waals surface area contributed by atoms with Crippen LogP contribution in [0.5, 0.6) is 28.7 Å². The number of benzene rings is 3. The molecule has 33 heavy (non-hydrogen) atoms. The van der Waals surface area contributed by atoms with Crippen LogP contribution in [0, 0.1) is 0 Å². The minimum atomic E-state index is 0.242. The van der Waals surface area contributed by atoms with Crippen molar-refractivity contribution in [3.63, 3.8) is 0 Å². The molecule has 0 amide bonds. The second kappa shape index (κ2) is 8.58. The summed E-state index contributed by atoms with van der Waals surface area (Å²) in [6.45, 7) is 1.49. The number of hydrogen-bond donors (Lipinski definition) is 0. The smallest absolute Gasteiger partial charge is 0.204 e. The zero-order valence-electron chi connectivity index (χ0n) is 19.5. The normalized spacial score (nSPS) is 17.8. The molecular formula is C27H29BrNO4+. The third-order valence-corrected chi connectivity index (χ3v) is 7.60. The Bertz CT molecular complexity index is 1190. The molecule has 3 aromatic carbocycles. The van der Waals surface area contributed by atoms with Crippen LogP contribution in [0.15, 0.2) is 53.0 Å². The van der Waals surface area contributed by atoms with Crippen molar-refractivity contribution in [2.24, 2.45) is 0 Å². The van der Waals surface area contributed by atoms with Crippen molar-refractivity contribution in [3.05, 3.63) is 75.3 Å². The number of halogens is 1. The Morgan fingerprint density at radius 2 is 1.76 bits per heavy atom. The highest BCUT2D eigenvalue weighted by molar-refractivity contribution is 9.10. The van der Waals surface area contributed by atoms with Gasteiger partial charge >= 0.3 is 0 Å². The Kier molecular flexibility index (Phi) is 5.75. The first-order valence-corrected chi connectivity index (χ1v) is 12.0. The summed E-state index contributed by atoms with van der Waals surface area (Å²) in [5.74, 6) is 3.49. The van der Waals surface area contributed by atoms with Crippen LogP contribution in [0.2, 0.25) is 0 Å². The maximum atomic E-state index is 6.72. The van der Waals surface area contributed by atoms with Crippen LogP contribution >= 0.6 is 15.9 Å². The Balaban J connectivity index is 1.67. The van der Waals surface area contributed by atoms with Gasteiger partial charge in [-0.25, -0.2) is 0 Å². The number of nitrogens with zero attached hydrogens (tertiary/aromatic N) is 1. The quantitative estimate of drug-likeness (QED) is 0.390. The lowest BCUT2D eigenvalue weighted by atomic mass is 9.87. The number of ether oxygens (including phenoxy) is 4. The fourth-order valence-electron chi connectivity index (χ4n) is 4.98.